The summed E-state index contributed by atoms with van der Waals surface area (Å²) < 4.78 is 0. The average molecular weight is 322 g/mol. The number of hydrogen-bond donors (Lipinski definition) is 0. The van der Waals surface area contributed by atoms with Gasteiger partial charge in [0.15, 0.2) is 5.82 Å². The van der Waals surface area contributed by atoms with Crippen molar-refractivity contribution in [2.24, 2.45) is 0 Å². The zero-order valence-corrected chi connectivity index (χ0v) is 13.1. The van der Waals surface area contributed by atoms with Gasteiger partial charge in [-0.15, -0.1) is 5.10 Å². The molecule has 0 bridgehead atoms. The van der Waals surface area contributed by atoms with E-state index >= 15 is 0 Å². The molecule has 4 heteroatoms. The van der Waals surface area contributed by atoms with Gasteiger partial charge in [-0.25, -0.2) is 0 Å². The Morgan fingerprint density at radius 3 is 2.63 bits per heavy atom. The fourth-order valence-electron chi connectivity index (χ4n) is 2.51. The van der Waals surface area contributed by atoms with Crippen LogP contribution in [0.3, 0.4) is 0 Å². The molecule has 3 nitrogen and oxygen atoms in total. The Labute approximate surface area is 123 Å². The van der Waals surface area contributed by atoms with Gasteiger partial charge in [0.25, 0.3) is 0 Å². The predicted molar refractivity (Wildman–Crippen MR) is 85.0 cm³/mol. The molecular formula is C15H20BrN3. The first-order chi connectivity index (χ1) is 9.31. The van der Waals surface area contributed by atoms with Gasteiger partial charge in [-0.3, -0.25) is 0 Å². The number of benzene rings is 1. The highest BCUT2D eigenvalue weighted by Crippen LogP contribution is 2.26. The third-order valence-electron chi connectivity index (χ3n) is 3.53. The van der Waals surface area contributed by atoms with E-state index in [0.29, 0.717) is 6.04 Å². The monoisotopic (exact) mass is 321 g/mol. The molecule has 0 aliphatic carbocycles. The van der Waals surface area contributed by atoms with E-state index < -0.39 is 0 Å². The quantitative estimate of drug-likeness (QED) is 0.752. The molecule has 0 N–H and O–H groups in total. The summed E-state index contributed by atoms with van der Waals surface area (Å²) in [7, 11) is 0. The van der Waals surface area contributed by atoms with Gasteiger partial charge in [-0.1, -0.05) is 54.0 Å². The number of aromatic nitrogens is 2. The lowest BCUT2D eigenvalue weighted by molar-refractivity contribution is 0.563. The standard InChI is InChI=1S/C15H20BrN3/c1-3-13(4-2)19(10-9-16)15-14-8-6-5-7-12(14)11-17-18-15/h5-8,11,13H,3-4,9-10H2,1-2H3. The van der Waals surface area contributed by atoms with Gasteiger partial charge in [0.2, 0.25) is 0 Å². The van der Waals surface area contributed by atoms with Gasteiger partial charge in [0.1, 0.15) is 0 Å². The summed E-state index contributed by atoms with van der Waals surface area (Å²) in [6.45, 7) is 5.41. The first-order valence-corrected chi connectivity index (χ1v) is 7.97. The third kappa shape index (κ3) is 3.06. The van der Waals surface area contributed by atoms with E-state index in [0.717, 1.165) is 35.9 Å². The lowest BCUT2D eigenvalue weighted by Crippen LogP contribution is -2.37. The van der Waals surface area contributed by atoms with E-state index in [1.807, 2.05) is 12.3 Å². The number of halogens is 1. The van der Waals surface area contributed by atoms with Crippen LogP contribution in [0, 0.1) is 0 Å². The summed E-state index contributed by atoms with van der Waals surface area (Å²) >= 11 is 3.55. The van der Waals surface area contributed by atoms with Crippen molar-refractivity contribution in [2.75, 3.05) is 16.8 Å². The second kappa shape index (κ2) is 6.85. The van der Waals surface area contributed by atoms with Crippen LogP contribution in [0.15, 0.2) is 30.5 Å². The summed E-state index contributed by atoms with van der Waals surface area (Å²) in [6, 6.07) is 8.83. The molecule has 0 amide bonds. The van der Waals surface area contributed by atoms with E-state index in [2.05, 4.69) is 63.1 Å². The van der Waals surface area contributed by atoms with E-state index in [1.54, 1.807) is 0 Å². The first kappa shape index (κ1) is 14.3. The average Bonchev–Trinajstić information content (AvgIpc) is 2.47. The maximum atomic E-state index is 4.40. The molecule has 102 valence electrons. The molecule has 0 fully saturated rings. The Hall–Kier alpha value is -1.16. The van der Waals surface area contributed by atoms with Crippen molar-refractivity contribution >= 4 is 32.5 Å². The molecule has 0 radical (unpaired) electrons. The maximum Gasteiger partial charge on any atom is 0.159 e. The fraction of sp³-hybridized carbons (Fsp3) is 0.467. The smallest absolute Gasteiger partial charge is 0.159 e. The number of anilines is 1. The highest BCUT2D eigenvalue weighted by Gasteiger charge is 2.18. The largest absolute Gasteiger partial charge is 0.351 e. The summed E-state index contributed by atoms with van der Waals surface area (Å²) in [4.78, 5) is 2.38. The van der Waals surface area contributed by atoms with Crippen molar-refractivity contribution in [3.05, 3.63) is 30.5 Å². The minimum atomic E-state index is 0.512. The molecular weight excluding hydrogens is 302 g/mol. The lowest BCUT2D eigenvalue weighted by atomic mass is 10.1. The lowest BCUT2D eigenvalue weighted by Gasteiger charge is -2.31. The van der Waals surface area contributed by atoms with Gasteiger partial charge < -0.3 is 4.90 Å². The molecule has 2 aromatic rings. The molecule has 1 aromatic carbocycles. The highest BCUT2D eigenvalue weighted by molar-refractivity contribution is 9.09. The number of fused-ring (bicyclic) bond motifs is 1. The number of nitrogens with zero attached hydrogens (tertiary/aromatic N) is 3. The normalized spacial score (nSPS) is 11.2. The number of alkyl halides is 1. The van der Waals surface area contributed by atoms with Gasteiger partial charge in [-0.05, 0) is 12.8 Å². The number of rotatable bonds is 6. The maximum absolute atomic E-state index is 4.40. The SMILES string of the molecule is CCC(CC)N(CCBr)c1nncc2ccccc12. The van der Waals surface area contributed by atoms with Crippen molar-refractivity contribution in [2.45, 2.75) is 32.7 Å². The molecule has 0 saturated carbocycles. The first-order valence-electron chi connectivity index (χ1n) is 6.84. The van der Waals surface area contributed by atoms with Crippen LogP contribution in [0.2, 0.25) is 0 Å². The second-order valence-electron chi connectivity index (χ2n) is 4.61. The van der Waals surface area contributed by atoms with Crippen LogP contribution in [0.25, 0.3) is 10.8 Å². The summed E-state index contributed by atoms with van der Waals surface area (Å²) in [5.74, 6) is 1.01. The van der Waals surface area contributed by atoms with E-state index in [9.17, 15) is 0 Å². The van der Waals surface area contributed by atoms with Crippen molar-refractivity contribution in [1.29, 1.82) is 0 Å². The zero-order valence-electron chi connectivity index (χ0n) is 11.5. The van der Waals surface area contributed by atoms with Crippen LogP contribution in [0.5, 0.6) is 0 Å². The van der Waals surface area contributed by atoms with Crippen molar-refractivity contribution in [3.8, 4) is 0 Å². The van der Waals surface area contributed by atoms with Crippen LogP contribution >= 0.6 is 15.9 Å². The van der Waals surface area contributed by atoms with Crippen LogP contribution in [-0.2, 0) is 0 Å². The van der Waals surface area contributed by atoms with Gasteiger partial charge in [0, 0.05) is 28.7 Å². The predicted octanol–water partition coefficient (Wildman–Crippen LogP) is 4.02. The second-order valence-corrected chi connectivity index (χ2v) is 5.40. The Bertz CT molecular complexity index is 520. The Morgan fingerprint density at radius 1 is 1.21 bits per heavy atom. The topological polar surface area (TPSA) is 29.0 Å². The molecule has 1 heterocycles. The van der Waals surface area contributed by atoms with E-state index in [4.69, 9.17) is 0 Å². The summed E-state index contributed by atoms with van der Waals surface area (Å²) in [6.07, 6.45) is 4.07. The fourth-order valence-corrected chi connectivity index (χ4v) is 2.89. The Kier molecular flexibility index (Phi) is 5.14. The van der Waals surface area contributed by atoms with Crippen LogP contribution in [0.4, 0.5) is 5.82 Å². The molecule has 1 aromatic heterocycles. The number of hydrogen-bond acceptors (Lipinski definition) is 3. The van der Waals surface area contributed by atoms with Gasteiger partial charge in [0.05, 0.1) is 6.20 Å². The van der Waals surface area contributed by atoms with Crippen molar-refractivity contribution < 1.29 is 0 Å². The zero-order chi connectivity index (χ0) is 13.7. The molecule has 0 spiro atoms. The van der Waals surface area contributed by atoms with Crippen LogP contribution in [0.1, 0.15) is 26.7 Å². The van der Waals surface area contributed by atoms with Crippen LogP contribution in [-0.4, -0.2) is 28.1 Å². The molecule has 0 aliphatic heterocycles. The Balaban J connectivity index is 2.49. The highest BCUT2D eigenvalue weighted by atomic mass is 79.9. The van der Waals surface area contributed by atoms with E-state index in [1.165, 1.54) is 5.39 Å². The summed E-state index contributed by atoms with van der Waals surface area (Å²) in [5, 5.41) is 11.8. The van der Waals surface area contributed by atoms with Gasteiger partial charge >= 0.3 is 0 Å². The molecule has 0 atom stereocenters. The molecule has 19 heavy (non-hydrogen) atoms. The van der Waals surface area contributed by atoms with E-state index in [-0.39, 0.29) is 0 Å². The minimum absolute atomic E-state index is 0.512. The minimum Gasteiger partial charge on any atom is -0.351 e. The van der Waals surface area contributed by atoms with Crippen molar-refractivity contribution in [1.82, 2.24) is 10.2 Å². The molecule has 0 aliphatic rings. The molecule has 2 rings (SSSR count). The van der Waals surface area contributed by atoms with Crippen molar-refractivity contribution in [3.63, 3.8) is 0 Å². The Morgan fingerprint density at radius 2 is 1.95 bits per heavy atom. The molecule has 0 saturated heterocycles. The van der Waals surface area contributed by atoms with Gasteiger partial charge in [-0.2, -0.15) is 5.10 Å². The summed E-state index contributed by atoms with van der Waals surface area (Å²) in [5.41, 5.74) is 0. The van der Waals surface area contributed by atoms with Crippen LogP contribution < -0.4 is 4.90 Å². The molecule has 0 unspecified atom stereocenters. The third-order valence-corrected chi connectivity index (χ3v) is 3.89.